The van der Waals surface area contributed by atoms with Crippen molar-refractivity contribution in [2.24, 2.45) is 0 Å². The van der Waals surface area contributed by atoms with Crippen LogP contribution in [0.25, 0.3) is 0 Å². The summed E-state index contributed by atoms with van der Waals surface area (Å²) in [6.07, 6.45) is 8.48. The highest BCUT2D eigenvalue weighted by atomic mass is 16.6. The number of unbranched alkanes of at least 4 members (excludes halogenated alkanes) is 6. The molecule has 0 radical (unpaired) electrons. The Balaban J connectivity index is 2.95. The maximum Gasteiger partial charge on any atom is 0.308 e. The van der Waals surface area contributed by atoms with Crippen LogP contribution in [0.3, 0.4) is 0 Å². The van der Waals surface area contributed by atoms with Crippen LogP contribution in [0.4, 0.5) is 0 Å². The van der Waals surface area contributed by atoms with Crippen LogP contribution >= 0.6 is 0 Å². The van der Waals surface area contributed by atoms with E-state index in [4.69, 9.17) is 18.9 Å². The lowest BCUT2D eigenvalue weighted by Gasteiger charge is -2.16. The van der Waals surface area contributed by atoms with Gasteiger partial charge in [-0.3, -0.25) is 9.59 Å². The standard InChI is InChI=1S/C22H34O6/c1-5-7-9-11-13-25-19-15-22(28-18(4)24)20(16-21(19)27-17(3)23)26-14-12-10-8-6-2/h15-16H,5-14H2,1-4H3. The Bertz CT molecular complexity index is 558. The number of carbonyl (C=O) groups excluding carboxylic acids is 2. The predicted octanol–water partition coefficient (Wildman–Crippen LogP) is 5.46. The minimum atomic E-state index is -0.454. The van der Waals surface area contributed by atoms with Gasteiger partial charge in [-0.1, -0.05) is 52.4 Å². The van der Waals surface area contributed by atoms with Crippen LogP contribution < -0.4 is 18.9 Å². The SMILES string of the molecule is CCCCCCOc1cc(OC(C)=O)c(OCCCCCC)cc1OC(C)=O. The molecule has 0 N–H and O–H groups in total. The highest BCUT2D eigenvalue weighted by molar-refractivity contribution is 5.73. The summed E-state index contributed by atoms with van der Waals surface area (Å²) in [5.41, 5.74) is 0. The number of hydrogen-bond acceptors (Lipinski definition) is 6. The second-order valence-corrected chi connectivity index (χ2v) is 6.75. The first-order chi connectivity index (χ1) is 13.5. The molecule has 0 amide bonds. The van der Waals surface area contributed by atoms with E-state index in [1.807, 2.05) is 0 Å². The fourth-order valence-corrected chi connectivity index (χ4v) is 2.64. The number of ether oxygens (including phenoxy) is 4. The number of hydrogen-bond donors (Lipinski definition) is 0. The first kappa shape index (κ1) is 23.8. The van der Waals surface area contributed by atoms with E-state index in [9.17, 15) is 9.59 Å². The molecule has 1 aromatic carbocycles. The molecule has 0 saturated heterocycles. The molecule has 0 aromatic heterocycles. The van der Waals surface area contributed by atoms with Gasteiger partial charge in [-0.05, 0) is 12.8 Å². The van der Waals surface area contributed by atoms with Gasteiger partial charge < -0.3 is 18.9 Å². The summed E-state index contributed by atoms with van der Waals surface area (Å²) in [6.45, 7) is 7.93. The van der Waals surface area contributed by atoms with Crippen LogP contribution in [0.1, 0.15) is 79.1 Å². The Morgan fingerprint density at radius 1 is 0.643 bits per heavy atom. The lowest BCUT2D eigenvalue weighted by molar-refractivity contribution is -0.133. The van der Waals surface area contributed by atoms with Crippen molar-refractivity contribution < 1.29 is 28.5 Å². The molecule has 0 saturated carbocycles. The summed E-state index contributed by atoms with van der Waals surface area (Å²) >= 11 is 0. The monoisotopic (exact) mass is 394 g/mol. The zero-order valence-corrected chi connectivity index (χ0v) is 17.7. The molecule has 0 aliphatic rings. The van der Waals surface area contributed by atoms with Crippen molar-refractivity contribution in [3.63, 3.8) is 0 Å². The normalized spacial score (nSPS) is 10.4. The highest BCUT2D eigenvalue weighted by Gasteiger charge is 2.17. The van der Waals surface area contributed by atoms with Crippen LogP contribution in [-0.2, 0) is 9.59 Å². The molecule has 158 valence electrons. The van der Waals surface area contributed by atoms with E-state index in [0.717, 1.165) is 51.4 Å². The second kappa shape index (κ2) is 13.9. The molecule has 1 aromatic rings. The Hall–Kier alpha value is -2.24. The number of benzene rings is 1. The highest BCUT2D eigenvalue weighted by Crippen LogP contribution is 2.40. The third-order valence-corrected chi connectivity index (χ3v) is 4.03. The molecule has 0 unspecified atom stereocenters. The quantitative estimate of drug-likeness (QED) is 0.237. The first-order valence-corrected chi connectivity index (χ1v) is 10.3. The zero-order valence-electron chi connectivity index (χ0n) is 17.7. The van der Waals surface area contributed by atoms with E-state index >= 15 is 0 Å². The summed E-state index contributed by atoms with van der Waals surface area (Å²) in [5.74, 6) is 0.349. The van der Waals surface area contributed by atoms with Gasteiger partial charge in [0, 0.05) is 26.0 Å². The average molecular weight is 395 g/mol. The lowest BCUT2D eigenvalue weighted by atomic mass is 10.2. The molecule has 0 bridgehead atoms. The Labute approximate surface area is 168 Å². The number of carbonyl (C=O) groups is 2. The van der Waals surface area contributed by atoms with Crippen molar-refractivity contribution in [1.82, 2.24) is 0 Å². The van der Waals surface area contributed by atoms with Gasteiger partial charge in [0.15, 0.2) is 23.0 Å². The van der Waals surface area contributed by atoms with E-state index < -0.39 is 11.9 Å². The molecular formula is C22H34O6. The predicted molar refractivity (Wildman–Crippen MR) is 108 cm³/mol. The van der Waals surface area contributed by atoms with Gasteiger partial charge in [0.2, 0.25) is 0 Å². The van der Waals surface area contributed by atoms with Crippen molar-refractivity contribution in [1.29, 1.82) is 0 Å². The molecule has 6 nitrogen and oxygen atoms in total. The number of esters is 2. The minimum Gasteiger partial charge on any atom is -0.490 e. The van der Waals surface area contributed by atoms with Gasteiger partial charge >= 0.3 is 11.9 Å². The van der Waals surface area contributed by atoms with Gasteiger partial charge in [0.25, 0.3) is 0 Å². The van der Waals surface area contributed by atoms with Crippen molar-refractivity contribution >= 4 is 11.9 Å². The molecule has 0 atom stereocenters. The molecular weight excluding hydrogens is 360 g/mol. The van der Waals surface area contributed by atoms with Gasteiger partial charge in [-0.25, -0.2) is 0 Å². The lowest BCUT2D eigenvalue weighted by Crippen LogP contribution is -2.09. The number of rotatable bonds is 14. The molecule has 0 fully saturated rings. The third-order valence-electron chi connectivity index (χ3n) is 4.03. The Morgan fingerprint density at radius 2 is 1.04 bits per heavy atom. The smallest absolute Gasteiger partial charge is 0.308 e. The van der Waals surface area contributed by atoms with Crippen molar-refractivity contribution in [3.8, 4) is 23.0 Å². The molecule has 0 spiro atoms. The van der Waals surface area contributed by atoms with Gasteiger partial charge in [-0.15, -0.1) is 0 Å². The maximum absolute atomic E-state index is 11.5. The second-order valence-electron chi connectivity index (χ2n) is 6.75. The maximum atomic E-state index is 11.5. The fourth-order valence-electron chi connectivity index (χ4n) is 2.64. The molecule has 0 aliphatic heterocycles. The van der Waals surface area contributed by atoms with Crippen molar-refractivity contribution in [2.75, 3.05) is 13.2 Å². The van der Waals surface area contributed by atoms with Crippen molar-refractivity contribution in [3.05, 3.63) is 12.1 Å². The Kier molecular flexibility index (Phi) is 11.8. The van der Waals surface area contributed by atoms with E-state index in [2.05, 4.69) is 13.8 Å². The minimum absolute atomic E-state index is 0.266. The summed E-state index contributed by atoms with van der Waals surface area (Å²) in [7, 11) is 0. The van der Waals surface area contributed by atoms with E-state index in [1.54, 1.807) is 12.1 Å². The van der Waals surface area contributed by atoms with Crippen LogP contribution in [0.15, 0.2) is 12.1 Å². The zero-order chi connectivity index (χ0) is 20.8. The topological polar surface area (TPSA) is 71.1 Å². The largest absolute Gasteiger partial charge is 0.490 e. The van der Waals surface area contributed by atoms with E-state index in [0.29, 0.717) is 24.7 Å². The molecule has 1 rings (SSSR count). The summed E-state index contributed by atoms with van der Waals surface area (Å²) in [5, 5.41) is 0. The molecule has 0 heterocycles. The molecule has 6 heteroatoms. The summed E-state index contributed by atoms with van der Waals surface area (Å²) in [4.78, 5) is 23.0. The average Bonchev–Trinajstić information content (AvgIpc) is 2.63. The van der Waals surface area contributed by atoms with E-state index in [1.165, 1.54) is 13.8 Å². The summed E-state index contributed by atoms with van der Waals surface area (Å²) in [6, 6.07) is 3.11. The van der Waals surface area contributed by atoms with Crippen LogP contribution in [0, 0.1) is 0 Å². The molecule has 28 heavy (non-hydrogen) atoms. The van der Waals surface area contributed by atoms with Crippen LogP contribution in [0.2, 0.25) is 0 Å². The fraction of sp³-hybridized carbons (Fsp3) is 0.636. The first-order valence-electron chi connectivity index (χ1n) is 10.3. The van der Waals surface area contributed by atoms with Crippen LogP contribution in [-0.4, -0.2) is 25.2 Å². The van der Waals surface area contributed by atoms with Gasteiger partial charge in [-0.2, -0.15) is 0 Å². The van der Waals surface area contributed by atoms with Gasteiger partial charge in [0.05, 0.1) is 13.2 Å². The summed E-state index contributed by atoms with van der Waals surface area (Å²) < 4.78 is 22.2. The molecule has 0 aliphatic carbocycles. The van der Waals surface area contributed by atoms with E-state index in [-0.39, 0.29) is 11.5 Å². The Morgan fingerprint density at radius 3 is 1.36 bits per heavy atom. The van der Waals surface area contributed by atoms with Gasteiger partial charge in [0.1, 0.15) is 0 Å². The van der Waals surface area contributed by atoms with Crippen LogP contribution in [0.5, 0.6) is 23.0 Å². The van der Waals surface area contributed by atoms with Crippen molar-refractivity contribution in [2.45, 2.75) is 79.1 Å². The third kappa shape index (κ3) is 9.62.